The first-order chi connectivity index (χ1) is 19.7. The van der Waals surface area contributed by atoms with E-state index in [0.29, 0.717) is 16.3 Å². The molecule has 0 bridgehead atoms. The first-order valence-corrected chi connectivity index (χ1v) is 15.1. The summed E-state index contributed by atoms with van der Waals surface area (Å²) >= 11 is 1.36. The van der Waals surface area contributed by atoms with Gasteiger partial charge < -0.3 is 10.1 Å². The Labute approximate surface area is 245 Å². The van der Waals surface area contributed by atoms with Crippen LogP contribution in [-0.2, 0) is 19.6 Å². The van der Waals surface area contributed by atoms with Crippen LogP contribution in [0.3, 0.4) is 0 Å². The number of benzene rings is 2. The molecule has 1 aromatic heterocycles. The van der Waals surface area contributed by atoms with Crippen molar-refractivity contribution in [3.63, 3.8) is 0 Å². The molecule has 1 aliphatic heterocycles. The summed E-state index contributed by atoms with van der Waals surface area (Å²) in [5.41, 5.74) is -0.224. The highest BCUT2D eigenvalue weighted by Gasteiger charge is 2.36. The minimum atomic E-state index is -4.83. The lowest BCUT2D eigenvalue weighted by Gasteiger charge is -2.27. The zero-order valence-corrected chi connectivity index (χ0v) is 24.7. The maximum atomic E-state index is 16.0. The van der Waals surface area contributed by atoms with Crippen molar-refractivity contribution in [1.29, 1.82) is 0 Å². The van der Waals surface area contributed by atoms with Gasteiger partial charge in [0.15, 0.2) is 10.7 Å². The normalized spacial score (nSPS) is 15.4. The van der Waals surface area contributed by atoms with Gasteiger partial charge in [-0.3, -0.25) is 14.8 Å². The molecule has 14 heteroatoms. The van der Waals surface area contributed by atoms with Gasteiger partial charge in [-0.05, 0) is 42.7 Å². The number of carbonyl (C=O) groups is 2. The smallest absolute Gasteiger partial charge is 0.267 e. The summed E-state index contributed by atoms with van der Waals surface area (Å²) < 4.78 is 72.1. The van der Waals surface area contributed by atoms with Crippen LogP contribution in [0.4, 0.5) is 24.8 Å². The van der Waals surface area contributed by atoms with Crippen LogP contribution in [0.25, 0.3) is 10.6 Å². The molecule has 42 heavy (non-hydrogen) atoms. The van der Waals surface area contributed by atoms with Gasteiger partial charge in [-0.1, -0.05) is 44.7 Å². The van der Waals surface area contributed by atoms with E-state index in [1.54, 1.807) is 6.07 Å². The summed E-state index contributed by atoms with van der Waals surface area (Å²) in [6, 6.07) is 8.13. The van der Waals surface area contributed by atoms with E-state index in [0.717, 1.165) is 24.3 Å². The number of nitrogens with one attached hydrogen (secondary N) is 3. The van der Waals surface area contributed by atoms with E-state index in [-0.39, 0.29) is 40.9 Å². The van der Waals surface area contributed by atoms with E-state index in [2.05, 4.69) is 20.6 Å². The number of aromatic nitrogens is 2. The zero-order chi connectivity index (χ0) is 30.8. The molecule has 1 atom stereocenters. The Morgan fingerprint density at radius 3 is 2.33 bits per heavy atom. The second-order valence-electron chi connectivity index (χ2n) is 10.6. The Morgan fingerprint density at radius 2 is 1.69 bits per heavy atom. The maximum absolute atomic E-state index is 16.0. The molecule has 2 heterocycles. The third-order valence-electron chi connectivity index (χ3n) is 6.07. The van der Waals surface area contributed by atoms with Crippen molar-refractivity contribution in [3.8, 4) is 0 Å². The lowest BCUT2D eigenvalue weighted by molar-refractivity contribution is -0.121. The number of anilines is 2. The van der Waals surface area contributed by atoms with E-state index < -0.39 is 44.0 Å². The Kier molecular flexibility index (Phi) is 8.97. The van der Waals surface area contributed by atoms with Crippen molar-refractivity contribution in [3.05, 3.63) is 77.4 Å². The van der Waals surface area contributed by atoms with E-state index in [1.165, 1.54) is 37.0 Å². The average Bonchev–Trinajstić information content (AvgIpc) is 3.35. The molecule has 0 spiro atoms. The first kappa shape index (κ1) is 31.0. The van der Waals surface area contributed by atoms with Gasteiger partial charge in [-0.2, -0.15) is 0 Å². The number of hydrogen-bond donors (Lipinski definition) is 3. The molecule has 3 N–H and O–H groups in total. The highest BCUT2D eigenvalue weighted by molar-refractivity contribution is 8.09. The lowest BCUT2D eigenvalue weighted by Crippen LogP contribution is -2.33. The topological polar surface area (TPSA) is 130 Å². The Bertz CT molecular complexity index is 1670. The fourth-order valence-corrected chi connectivity index (χ4v) is 6.43. The van der Waals surface area contributed by atoms with Crippen LogP contribution in [0, 0.1) is 22.9 Å². The summed E-state index contributed by atoms with van der Waals surface area (Å²) in [6.45, 7) is 7.31. The van der Waals surface area contributed by atoms with Crippen molar-refractivity contribution in [2.24, 2.45) is 5.41 Å². The molecule has 0 fully saturated rings. The van der Waals surface area contributed by atoms with E-state index in [9.17, 15) is 26.8 Å². The third kappa shape index (κ3) is 6.93. The monoisotopic (exact) mass is 619 g/mol. The van der Waals surface area contributed by atoms with Gasteiger partial charge in [0, 0.05) is 24.6 Å². The Hall–Kier alpha value is -3.91. The molecule has 2 aromatic carbocycles. The number of Topliss-reactive ketones (excluding diaryl/α,β-unsaturated/α-hetero) is 1. The fraction of sp³-hybridized carbons (Fsp3) is 0.286. The summed E-state index contributed by atoms with van der Waals surface area (Å²) in [4.78, 5) is 31.2. The van der Waals surface area contributed by atoms with Crippen molar-refractivity contribution >= 4 is 55.7 Å². The van der Waals surface area contributed by atoms with Crippen molar-refractivity contribution < 1.29 is 31.2 Å². The van der Waals surface area contributed by atoms with E-state index in [4.69, 9.17) is 0 Å². The van der Waals surface area contributed by atoms with Crippen LogP contribution in [0.15, 0.2) is 53.6 Å². The molecule has 1 unspecified atom stereocenters. The van der Waals surface area contributed by atoms with Crippen LogP contribution in [-0.4, -0.2) is 35.5 Å². The van der Waals surface area contributed by atoms with Gasteiger partial charge in [-0.25, -0.2) is 31.6 Å². The van der Waals surface area contributed by atoms with E-state index in [1.807, 2.05) is 25.5 Å². The Balaban J connectivity index is 1.74. The highest BCUT2D eigenvalue weighted by atomic mass is 32.2. The van der Waals surface area contributed by atoms with Crippen LogP contribution >= 0.6 is 11.8 Å². The number of carbonyl (C=O) groups excluding carboxylic acids is 2. The quantitative estimate of drug-likeness (QED) is 0.285. The first-order valence-electron chi connectivity index (χ1n) is 12.7. The SMILES string of the molecule is CC(=O)CCC(=O)Nc1nccc(C2=C(c3cccc(NS(=O)(=O)c4c(F)cccc4F)c3F)NC(C(C)(C)C)S2)n1. The third-order valence-corrected chi connectivity index (χ3v) is 9.19. The zero-order valence-electron chi connectivity index (χ0n) is 23.1. The number of halogens is 3. The van der Waals surface area contributed by atoms with Gasteiger partial charge in [0.2, 0.25) is 11.9 Å². The molecule has 0 radical (unpaired) electrons. The van der Waals surface area contributed by atoms with Crippen molar-refractivity contribution in [1.82, 2.24) is 15.3 Å². The highest BCUT2D eigenvalue weighted by Crippen LogP contribution is 2.47. The molecule has 9 nitrogen and oxygen atoms in total. The lowest BCUT2D eigenvalue weighted by atomic mass is 9.96. The molecule has 222 valence electrons. The van der Waals surface area contributed by atoms with Crippen LogP contribution < -0.4 is 15.4 Å². The number of rotatable bonds is 9. The fourth-order valence-electron chi connectivity index (χ4n) is 3.95. The molecular weight excluding hydrogens is 591 g/mol. The molecule has 0 saturated carbocycles. The summed E-state index contributed by atoms with van der Waals surface area (Å²) in [6.07, 6.45) is 1.45. The minimum Gasteiger partial charge on any atom is -0.371 e. The molecular formula is C28H28F3N5O4S2. The molecule has 1 amide bonds. The predicted octanol–water partition coefficient (Wildman–Crippen LogP) is 5.54. The van der Waals surface area contributed by atoms with Crippen molar-refractivity contribution in [2.45, 2.75) is 50.8 Å². The second kappa shape index (κ2) is 12.1. The van der Waals surface area contributed by atoms with Gasteiger partial charge in [0.1, 0.15) is 17.4 Å². The van der Waals surface area contributed by atoms with E-state index >= 15 is 4.39 Å². The summed E-state index contributed by atoms with van der Waals surface area (Å²) in [5, 5.41) is 5.57. The Morgan fingerprint density at radius 1 is 1.02 bits per heavy atom. The number of amides is 1. The maximum Gasteiger partial charge on any atom is 0.267 e. The predicted molar refractivity (Wildman–Crippen MR) is 155 cm³/mol. The molecule has 3 aromatic rings. The molecule has 4 rings (SSSR count). The standard InChI is InChI=1S/C28H28F3N5O4S2/c1-15(37)11-12-21(38)34-27-32-14-13-20(33-27)24-23(35-26(41-24)28(2,3)4)16-7-5-10-19(22(16)31)36-42(39,40)25-17(29)8-6-9-18(25)30/h5-10,13-14,26,35-36H,11-12H2,1-4H3,(H,32,33,34,38). The molecule has 1 aliphatic rings. The minimum absolute atomic E-state index is 0.0124. The van der Waals surface area contributed by atoms with Gasteiger partial charge in [0.05, 0.1) is 27.4 Å². The number of sulfonamides is 1. The number of thioether (sulfide) groups is 1. The second-order valence-corrected chi connectivity index (χ2v) is 13.3. The molecule has 0 aliphatic carbocycles. The van der Waals surface area contributed by atoms with Crippen LogP contribution in [0.5, 0.6) is 0 Å². The van der Waals surface area contributed by atoms with Gasteiger partial charge in [-0.15, -0.1) is 0 Å². The number of nitrogens with zero attached hydrogens (tertiary/aromatic N) is 2. The average molecular weight is 620 g/mol. The van der Waals surface area contributed by atoms with Crippen LogP contribution in [0.2, 0.25) is 0 Å². The van der Waals surface area contributed by atoms with Gasteiger partial charge >= 0.3 is 0 Å². The largest absolute Gasteiger partial charge is 0.371 e. The van der Waals surface area contributed by atoms with Gasteiger partial charge in [0.25, 0.3) is 10.0 Å². The van der Waals surface area contributed by atoms with Crippen molar-refractivity contribution in [2.75, 3.05) is 10.0 Å². The molecule has 0 saturated heterocycles. The summed E-state index contributed by atoms with van der Waals surface area (Å²) in [5.74, 6) is -4.22. The number of ketones is 1. The summed E-state index contributed by atoms with van der Waals surface area (Å²) in [7, 11) is -4.83. The number of hydrogen-bond acceptors (Lipinski definition) is 8. The van der Waals surface area contributed by atoms with Crippen LogP contribution in [0.1, 0.15) is 51.8 Å².